The molecule has 0 spiro atoms. The first-order valence-corrected chi connectivity index (χ1v) is 5.11. The fourth-order valence-corrected chi connectivity index (χ4v) is 1.67. The summed E-state index contributed by atoms with van der Waals surface area (Å²) in [5, 5.41) is 8.74. The second-order valence-electron chi connectivity index (χ2n) is 3.84. The molecule has 0 aromatic rings. The lowest BCUT2D eigenvalue weighted by atomic mass is 9.87. The molecule has 0 aliphatic heterocycles. The van der Waals surface area contributed by atoms with E-state index in [1.165, 1.54) is 6.92 Å². The van der Waals surface area contributed by atoms with E-state index in [0.717, 1.165) is 0 Å². The normalized spacial score (nSPS) is 23.8. The summed E-state index contributed by atoms with van der Waals surface area (Å²) in [5.41, 5.74) is 0. The molecular formula is C11H14O5. The van der Waals surface area contributed by atoms with Crippen LogP contribution >= 0.6 is 0 Å². The van der Waals surface area contributed by atoms with Gasteiger partial charge in [0.05, 0.1) is 12.3 Å². The molecule has 5 nitrogen and oxygen atoms in total. The van der Waals surface area contributed by atoms with Crippen molar-refractivity contribution in [1.29, 1.82) is 0 Å². The molecule has 1 aliphatic rings. The van der Waals surface area contributed by atoms with Crippen molar-refractivity contribution in [1.82, 2.24) is 0 Å². The second kappa shape index (κ2) is 5.44. The summed E-state index contributed by atoms with van der Waals surface area (Å²) >= 11 is 0. The van der Waals surface area contributed by atoms with Crippen LogP contribution in [-0.2, 0) is 19.1 Å². The van der Waals surface area contributed by atoms with Crippen molar-refractivity contribution in [3.8, 4) is 0 Å². The molecule has 2 unspecified atom stereocenters. The fraction of sp³-hybridized carbons (Fsp3) is 0.545. The summed E-state index contributed by atoms with van der Waals surface area (Å²) in [4.78, 5) is 32.3. The van der Waals surface area contributed by atoms with Crippen molar-refractivity contribution in [2.45, 2.75) is 26.2 Å². The molecule has 0 amide bonds. The third-order valence-electron chi connectivity index (χ3n) is 2.47. The van der Waals surface area contributed by atoms with Gasteiger partial charge in [0.15, 0.2) is 0 Å². The van der Waals surface area contributed by atoms with Gasteiger partial charge in [0.1, 0.15) is 0 Å². The summed E-state index contributed by atoms with van der Waals surface area (Å²) in [5.74, 6) is -2.51. The Bertz CT molecular complexity index is 331. The fourth-order valence-electron chi connectivity index (χ4n) is 1.67. The molecular weight excluding hydrogens is 212 g/mol. The van der Waals surface area contributed by atoms with E-state index < -0.39 is 23.8 Å². The van der Waals surface area contributed by atoms with Crippen molar-refractivity contribution >= 4 is 17.9 Å². The van der Waals surface area contributed by atoms with E-state index in [1.54, 1.807) is 12.2 Å². The maximum atomic E-state index is 11.1. The largest absolute Gasteiger partial charge is 0.481 e. The van der Waals surface area contributed by atoms with E-state index in [0.29, 0.717) is 12.8 Å². The van der Waals surface area contributed by atoms with Crippen LogP contribution in [0.1, 0.15) is 26.2 Å². The van der Waals surface area contributed by atoms with E-state index >= 15 is 0 Å². The van der Waals surface area contributed by atoms with Crippen LogP contribution in [0.2, 0.25) is 0 Å². The summed E-state index contributed by atoms with van der Waals surface area (Å²) in [7, 11) is 0. The molecule has 0 heterocycles. The highest BCUT2D eigenvalue weighted by atomic mass is 16.6. The number of rotatable bonds is 3. The standard InChI is InChI=1S/C11H14O5/c1-7(12)16-10(13)6-8-2-4-9(5-3-8)11(14)15/h2,4,8-9H,3,5-6H2,1H3,(H,14,15). The summed E-state index contributed by atoms with van der Waals surface area (Å²) in [6.07, 6.45) is 4.58. The Kier molecular flexibility index (Phi) is 4.22. The third-order valence-corrected chi connectivity index (χ3v) is 2.47. The van der Waals surface area contributed by atoms with Gasteiger partial charge >= 0.3 is 17.9 Å². The van der Waals surface area contributed by atoms with Crippen LogP contribution in [0.15, 0.2) is 12.2 Å². The monoisotopic (exact) mass is 226 g/mol. The highest BCUT2D eigenvalue weighted by Crippen LogP contribution is 2.24. The molecule has 0 saturated carbocycles. The van der Waals surface area contributed by atoms with Crippen LogP contribution in [0.3, 0.4) is 0 Å². The minimum atomic E-state index is -0.846. The minimum Gasteiger partial charge on any atom is -0.481 e. The van der Waals surface area contributed by atoms with Crippen LogP contribution < -0.4 is 0 Å². The molecule has 1 N–H and O–H groups in total. The van der Waals surface area contributed by atoms with Crippen molar-refractivity contribution < 1.29 is 24.2 Å². The van der Waals surface area contributed by atoms with Crippen molar-refractivity contribution in [2.24, 2.45) is 11.8 Å². The number of carboxylic acids is 1. The van der Waals surface area contributed by atoms with Crippen molar-refractivity contribution in [3.05, 3.63) is 12.2 Å². The lowest BCUT2D eigenvalue weighted by Gasteiger charge is -2.19. The zero-order valence-corrected chi connectivity index (χ0v) is 9.01. The Labute approximate surface area is 93.1 Å². The van der Waals surface area contributed by atoms with E-state index in [2.05, 4.69) is 4.74 Å². The first kappa shape index (κ1) is 12.4. The molecule has 0 saturated heterocycles. The average molecular weight is 226 g/mol. The Morgan fingerprint density at radius 3 is 2.44 bits per heavy atom. The predicted molar refractivity (Wildman–Crippen MR) is 54.4 cm³/mol. The van der Waals surface area contributed by atoms with Gasteiger partial charge in [-0.2, -0.15) is 0 Å². The van der Waals surface area contributed by atoms with Gasteiger partial charge in [-0.1, -0.05) is 12.2 Å². The Balaban J connectivity index is 2.42. The number of esters is 2. The molecule has 0 bridgehead atoms. The van der Waals surface area contributed by atoms with Crippen LogP contribution in [0.4, 0.5) is 0 Å². The smallest absolute Gasteiger partial charge is 0.314 e. The Morgan fingerprint density at radius 2 is 2.00 bits per heavy atom. The van der Waals surface area contributed by atoms with Gasteiger partial charge in [-0.25, -0.2) is 0 Å². The van der Waals surface area contributed by atoms with E-state index in [4.69, 9.17) is 5.11 Å². The lowest BCUT2D eigenvalue weighted by Crippen LogP contribution is -2.19. The molecule has 0 radical (unpaired) electrons. The van der Waals surface area contributed by atoms with E-state index in [9.17, 15) is 14.4 Å². The maximum absolute atomic E-state index is 11.1. The van der Waals surface area contributed by atoms with Gasteiger partial charge in [-0.3, -0.25) is 14.4 Å². The number of aliphatic carboxylic acids is 1. The first-order valence-electron chi connectivity index (χ1n) is 5.11. The van der Waals surface area contributed by atoms with Crippen molar-refractivity contribution in [2.75, 3.05) is 0 Å². The number of hydrogen-bond acceptors (Lipinski definition) is 4. The lowest BCUT2D eigenvalue weighted by molar-refractivity contribution is -0.158. The summed E-state index contributed by atoms with van der Waals surface area (Å²) in [6.45, 7) is 1.18. The van der Waals surface area contributed by atoms with Crippen molar-refractivity contribution in [3.63, 3.8) is 0 Å². The number of carbonyl (C=O) groups is 3. The third kappa shape index (κ3) is 3.84. The molecule has 0 aromatic carbocycles. The number of ether oxygens (including phenoxy) is 1. The molecule has 2 atom stereocenters. The highest BCUT2D eigenvalue weighted by molar-refractivity contribution is 5.84. The SMILES string of the molecule is CC(=O)OC(=O)CC1C=CC(C(=O)O)CC1. The van der Waals surface area contributed by atoms with Crippen LogP contribution in [-0.4, -0.2) is 23.0 Å². The average Bonchev–Trinajstić information content (AvgIpc) is 2.16. The molecule has 88 valence electrons. The van der Waals surface area contributed by atoms with Gasteiger partial charge in [-0.15, -0.1) is 0 Å². The molecule has 1 rings (SSSR count). The highest BCUT2D eigenvalue weighted by Gasteiger charge is 2.23. The van der Waals surface area contributed by atoms with Gasteiger partial charge in [-0.05, 0) is 18.8 Å². The maximum Gasteiger partial charge on any atom is 0.314 e. The number of hydrogen-bond donors (Lipinski definition) is 1. The van der Waals surface area contributed by atoms with Crippen LogP contribution in [0.25, 0.3) is 0 Å². The quantitative estimate of drug-likeness (QED) is 0.443. The topological polar surface area (TPSA) is 80.7 Å². The van der Waals surface area contributed by atoms with Crippen LogP contribution in [0.5, 0.6) is 0 Å². The van der Waals surface area contributed by atoms with E-state index in [-0.39, 0.29) is 12.3 Å². The molecule has 0 aromatic heterocycles. The zero-order valence-electron chi connectivity index (χ0n) is 9.01. The number of carboxylic acid groups (broad SMARTS) is 1. The van der Waals surface area contributed by atoms with Gasteiger partial charge in [0.2, 0.25) is 0 Å². The zero-order chi connectivity index (χ0) is 12.1. The molecule has 1 aliphatic carbocycles. The Hall–Kier alpha value is -1.65. The van der Waals surface area contributed by atoms with Gasteiger partial charge in [0, 0.05) is 6.92 Å². The van der Waals surface area contributed by atoms with Gasteiger partial charge < -0.3 is 9.84 Å². The van der Waals surface area contributed by atoms with E-state index in [1.807, 2.05) is 0 Å². The summed E-state index contributed by atoms with van der Waals surface area (Å²) < 4.78 is 4.40. The first-order chi connectivity index (χ1) is 7.49. The number of allylic oxidation sites excluding steroid dienone is 1. The van der Waals surface area contributed by atoms with Gasteiger partial charge in [0.25, 0.3) is 0 Å². The molecule has 0 fully saturated rings. The second-order valence-corrected chi connectivity index (χ2v) is 3.84. The molecule has 16 heavy (non-hydrogen) atoms. The molecule has 5 heteroatoms. The summed E-state index contributed by atoms with van der Waals surface area (Å²) in [6, 6.07) is 0. The van der Waals surface area contributed by atoms with Crippen LogP contribution in [0, 0.1) is 11.8 Å². The Morgan fingerprint density at radius 1 is 1.31 bits per heavy atom. The number of carbonyl (C=O) groups excluding carboxylic acids is 2. The minimum absolute atomic E-state index is 0.0255. The predicted octanol–water partition coefficient (Wildman–Crippen LogP) is 1.13.